The number of nitrogens with one attached hydrogen (secondary N) is 1. The van der Waals surface area contributed by atoms with Crippen molar-refractivity contribution in [1.29, 1.82) is 0 Å². The highest BCUT2D eigenvalue weighted by Gasteiger charge is 2.14. The summed E-state index contributed by atoms with van der Waals surface area (Å²) < 4.78 is 20.2. The van der Waals surface area contributed by atoms with E-state index in [0.717, 1.165) is 0 Å². The topological polar surface area (TPSA) is 95.5 Å². The Balaban J connectivity index is 2.12. The molecule has 2 aromatic rings. The average molecular weight is 407 g/mol. The maximum atomic E-state index is 12.2. The molecule has 0 unspecified atom stereocenters. The van der Waals surface area contributed by atoms with Crippen LogP contribution in [0.25, 0.3) is 0 Å². The van der Waals surface area contributed by atoms with Crippen molar-refractivity contribution in [3.63, 3.8) is 0 Å². The molecule has 9 heteroatoms. The number of hydrazone groups is 1. The largest absolute Gasteiger partial charge is 0.496 e. The van der Waals surface area contributed by atoms with E-state index >= 15 is 0 Å². The van der Waals surface area contributed by atoms with Crippen LogP contribution in [0.4, 0.5) is 0 Å². The van der Waals surface area contributed by atoms with E-state index in [1.54, 1.807) is 36.4 Å². The number of amides is 1. The lowest BCUT2D eigenvalue weighted by atomic mass is 10.2. The fourth-order valence-corrected chi connectivity index (χ4v) is 2.48. The summed E-state index contributed by atoms with van der Waals surface area (Å²) in [5.41, 5.74) is 3.32. The van der Waals surface area contributed by atoms with E-state index in [1.807, 2.05) is 0 Å². The van der Waals surface area contributed by atoms with Gasteiger partial charge in [-0.2, -0.15) is 5.10 Å². The van der Waals surface area contributed by atoms with Gasteiger partial charge in [-0.25, -0.2) is 10.2 Å². The van der Waals surface area contributed by atoms with E-state index in [9.17, 15) is 9.59 Å². The lowest BCUT2D eigenvalue weighted by Crippen LogP contribution is -2.18. The van der Waals surface area contributed by atoms with Crippen LogP contribution in [-0.4, -0.2) is 46.0 Å². The van der Waals surface area contributed by atoms with Gasteiger partial charge in [-0.1, -0.05) is 23.7 Å². The van der Waals surface area contributed by atoms with Gasteiger partial charge >= 0.3 is 5.97 Å². The first kappa shape index (κ1) is 21.0. The predicted octanol–water partition coefficient (Wildman–Crippen LogP) is 2.67. The van der Waals surface area contributed by atoms with E-state index in [1.165, 1.54) is 27.5 Å². The third-order valence-corrected chi connectivity index (χ3v) is 3.83. The van der Waals surface area contributed by atoms with Gasteiger partial charge in [-0.05, 0) is 29.8 Å². The van der Waals surface area contributed by atoms with Gasteiger partial charge in [0.25, 0.3) is 5.91 Å². The molecule has 0 spiro atoms. The Morgan fingerprint density at radius 1 is 1.11 bits per heavy atom. The number of carbonyl (C=O) groups is 2. The van der Waals surface area contributed by atoms with Crippen molar-refractivity contribution in [1.82, 2.24) is 5.43 Å². The van der Waals surface area contributed by atoms with E-state index in [0.29, 0.717) is 22.6 Å². The average Bonchev–Trinajstić information content (AvgIpc) is 2.72. The number of methoxy groups -OCH3 is 3. The standard InChI is InChI=1S/C19H19ClN2O6/c1-25-15-7-5-4-6-13(15)19(24)22-21-10-12-8-14(20)18(16(9-12)26-2)28-11-17(23)27-3/h4-10H,11H2,1-3H3,(H,22,24)/b21-10-. The molecular formula is C19H19ClN2O6. The van der Waals surface area contributed by atoms with Crippen molar-refractivity contribution >= 4 is 29.7 Å². The molecule has 0 bridgehead atoms. The molecule has 0 fully saturated rings. The number of esters is 1. The molecular weight excluding hydrogens is 388 g/mol. The number of carbonyl (C=O) groups excluding carboxylic acids is 2. The number of ether oxygens (including phenoxy) is 4. The summed E-state index contributed by atoms with van der Waals surface area (Å²) in [6, 6.07) is 9.93. The molecule has 2 rings (SSSR count). The van der Waals surface area contributed by atoms with Crippen LogP contribution in [0.1, 0.15) is 15.9 Å². The Labute approximate surface area is 167 Å². The number of hydrogen-bond donors (Lipinski definition) is 1. The lowest BCUT2D eigenvalue weighted by Gasteiger charge is -2.12. The van der Waals surface area contributed by atoms with Gasteiger partial charge in [0.2, 0.25) is 0 Å². The van der Waals surface area contributed by atoms with Crippen LogP contribution in [0.2, 0.25) is 5.02 Å². The van der Waals surface area contributed by atoms with Gasteiger partial charge in [0, 0.05) is 0 Å². The second kappa shape index (κ2) is 10.2. The van der Waals surface area contributed by atoms with Crippen LogP contribution < -0.4 is 19.6 Å². The zero-order valence-corrected chi connectivity index (χ0v) is 16.3. The summed E-state index contributed by atoms with van der Waals surface area (Å²) in [4.78, 5) is 23.4. The van der Waals surface area contributed by atoms with E-state index in [2.05, 4.69) is 15.3 Å². The molecule has 0 saturated heterocycles. The monoisotopic (exact) mass is 406 g/mol. The first-order valence-electron chi connectivity index (χ1n) is 8.03. The fraction of sp³-hybridized carbons (Fsp3) is 0.211. The minimum atomic E-state index is -0.553. The van der Waals surface area contributed by atoms with Crippen molar-refractivity contribution in [3.05, 3.63) is 52.5 Å². The van der Waals surface area contributed by atoms with E-state index in [-0.39, 0.29) is 17.4 Å². The number of benzene rings is 2. The molecule has 28 heavy (non-hydrogen) atoms. The SMILES string of the molecule is COC(=O)COc1c(Cl)cc(/C=N\NC(=O)c2ccccc2OC)cc1OC. The highest BCUT2D eigenvalue weighted by atomic mass is 35.5. The summed E-state index contributed by atoms with van der Waals surface area (Å²) >= 11 is 6.19. The molecule has 0 aliphatic carbocycles. The Morgan fingerprint density at radius 2 is 1.82 bits per heavy atom. The highest BCUT2D eigenvalue weighted by molar-refractivity contribution is 6.32. The molecule has 0 saturated carbocycles. The molecule has 8 nitrogen and oxygen atoms in total. The first-order valence-corrected chi connectivity index (χ1v) is 8.41. The van der Waals surface area contributed by atoms with Crippen molar-refractivity contribution in [3.8, 4) is 17.2 Å². The van der Waals surface area contributed by atoms with E-state index in [4.69, 9.17) is 25.8 Å². The van der Waals surface area contributed by atoms with Crippen LogP contribution in [0.15, 0.2) is 41.5 Å². The van der Waals surface area contributed by atoms with Crippen molar-refractivity contribution in [2.75, 3.05) is 27.9 Å². The number of halogens is 1. The minimum Gasteiger partial charge on any atom is -0.496 e. The minimum absolute atomic E-state index is 0.199. The number of hydrogen-bond acceptors (Lipinski definition) is 7. The van der Waals surface area contributed by atoms with Crippen LogP contribution in [0.3, 0.4) is 0 Å². The molecule has 148 valence electrons. The first-order chi connectivity index (χ1) is 13.5. The smallest absolute Gasteiger partial charge is 0.343 e. The van der Waals surface area contributed by atoms with Gasteiger partial charge < -0.3 is 18.9 Å². The maximum absolute atomic E-state index is 12.2. The van der Waals surface area contributed by atoms with Gasteiger partial charge in [-0.15, -0.1) is 0 Å². The van der Waals surface area contributed by atoms with Gasteiger partial charge in [0.05, 0.1) is 38.1 Å². The van der Waals surface area contributed by atoms with Gasteiger partial charge in [-0.3, -0.25) is 4.79 Å². The molecule has 1 amide bonds. The molecule has 2 aromatic carbocycles. The Hall–Kier alpha value is -3.26. The Kier molecular flexibility index (Phi) is 7.65. The summed E-state index contributed by atoms with van der Waals surface area (Å²) in [5, 5.41) is 4.13. The molecule has 0 aromatic heterocycles. The fourth-order valence-electron chi connectivity index (χ4n) is 2.20. The van der Waals surface area contributed by atoms with Crippen LogP contribution in [0.5, 0.6) is 17.2 Å². The zero-order valence-electron chi connectivity index (χ0n) is 15.5. The lowest BCUT2D eigenvalue weighted by molar-refractivity contribution is -0.142. The van der Waals surface area contributed by atoms with Crippen LogP contribution >= 0.6 is 11.6 Å². The van der Waals surface area contributed by atoms with Crippen molar-refractivity contribution in [2.45, 2.75) is 0 Å². The second-order valence-corrected chi connectivity index (χ2v) is 5.71. The van der Waals surface area contributed by atoms with Gasteiger partial charge in [0.1, 0.15) is 5.75 Å². The second-order valence-electron chi connectivity index (χ2n) is 5.30. The number of rotatable bonds is 8. The molecule has 0 aliphatic heterocycles. The Morgan fingerprint density at radius 3 is 2.50 bits per heavy atom. The Bertz CT molecular complexity index is 885. The maximum Gasteiger partial charge on any atom is 0.343 e. The molecule has 1 N–H and O–H groups in total. The summed E-state index contributed by atoms with van der Waals surface area (Å²) in [5.74, 6) is -0.0432. The van der Waals surface area contributed by atoms with Gasteiger partial charge in [0.15, 0.2) is 18.1 Å². The van der Waals surface area contributed by atoms with E-state index < -0.39 is 11.9 Å². The molecule has 0 radical (unpaired) electrons. The molecule has 0 heterocycles. The third-order valence-electron chi connectivity index (χ3n) is 3.55. The normalized spacial score (nSPS) is 10.4. The molecule has 0 atom stereocenters. The molecule has 0 aliphatic rings. The van der Waals surface area contributed by atoms with Crippen molar-refractivity contribution < 1.29 is 28.5 Å². The van der Waals surface area contributed by atoms with Crippen LogP contribution in [-0.2, 0) is 9.53 Å². The highest BCUT2D eigenvalue weighted by Crippen LogP contribution is 2.36. The third kappa shape index (κ3) is 5.37. The van der Waals surface area contributed by atoms with Crippen molar-refractivity contribution in [2.24, 2.45) is 5.10 Å². The number of nitrogens with zero attached hydrogens (tertiary/aromatic N) is 1. The zero-order chi connectivity index (χ0) is 20.5. The summed E-state index contributed by atoms with van der Waals surface area (Å²) in [7, 11) is 4.16. The summed E-state index contributed by atoms with van der Waals surface area (Å²) in [6.45, 7) is -0.311. The quantitative estimate of drug-likeness (QED) is 0.411. The summed E-state index contributed by atoms with van der Waals surface area (Å²) in [6.07, 6.45) is 1.39. The number of para-hydroxylation sites is 1. The predicted molar refractivity (Wildman–Crippen MR) is 104 cm³/mol. The van der Waals surface area contributed by atoms with Crippen LogP contribution in [0, 0.1) is 0 Å².